The molecule has 0 heterocycles. The molecule has 0 N–H and O–H groups in total. The summed E-state index contributed by atoms with van der Waals surface area (Å²) in [5.41, 5.74) is 11.5. The number of rotatable bonds is 6. The van der Waals surface area contributed by atoms with Crippen molar-refractivity contribution < 1.29 is 17.1 Å². The summed E-state index contributed by atoms with van der Waals surface area (Å²) in [7, 11) is 0. The van der Waals surface area contributed by atoms with Crippen molar-refractivity contribution in [3.63, 3.8) is 0 Å². The van der Waals surface area contributed by atoms with E-state index in [0.29, 0.717) is 13.6 Å². The molecule has 0 saturated heterocycles. The van der Waals surface area contributed by atoms with Gasteiger partial charge in [-0.15, -0.1) is 0 Å². The fraction of sp³-hybridized carbons (Fsp3) is 0.163. The van der Waals surface area contributed by atoms with Crippen molar-refractivity contribution in [2.24, 2.45) is 0 Å². The Bertz CT molecular complexity index is 2100. The van der Waals surface area contributed by atoms with Crippen molar-refractivity contribution >= 4 is 39.9 Å². The second kappa shape index (κ2) is 11.0. The van der Waals surface area contributed by atoms with E-state index in [9.17, 15) is 0 Å². The van der Waals surface area contributed by atoms with Crippen LogP contribution in [-0.4, -0.2) is 6.22 Å². The van der Waals surface area contributed by atoms with Crippen molar-refractivity contribution in [2.45, 2.75) is 36.1 Å². The first-order chi connectivity index (χ1) is 22.0. The van der Waals surface area contributed by atoms with Gasteiger partial charge in [0.15, 0.2) is 0 Å². The summed E-state index contributed by atoms with van der Waals surface area (Å²) < 4.78 is 6.78. The number of hydrogen-bond donors (Lipinski definition) is 0. The summed E-state index contributed by atoms with van der Waals surface area (Å²) in [6.45, 7) is 2.39. The van der Waals surface area contributed by atoms with Crippen LogP contribution in [0.1, 0.15) is 42.9 Å². The van der Waals surface area contributed by atoms with Crippen LogP contribution in [0.15, 0.2) is 133 Å². The Kier molecular flexibility index (Phi) is 7.08. The van der Waals surface area contributed by atoms with Crippen molar-refractivity contribution in [1.29, 1.82) is 0 Å². The zero-order valence-electron chi connectivity index (χ0n) is 26.5. The Balaban J connectivity index is 1.29. The Hall–Kier alpha value is -3.59. The molecule has 0 radical (unpaired) electrons. The molecule has 2 heteroatoms. The van der Waals surface area contributed by atoms with Gasteiger partial charge in [-0.05, 0) is 0 Å². The molecule has 0 amide bonds. The van der Waals surface area contributed by atoms with Crippen LogP contribution in [0.2, 0.25) is 15.4 Å². The summed E-state index contributed by atoms with van der Waals surface area (Å²) in [4.78, 5) is 0. The molecule has 2 unspecified atom stereocenters. The van der Waals surface area contributed by atoms with Gasteiger partial charge in [0, 0.05) is 0 Å². The van der Waals surface area contributed by atoms with Gasteiger partial charge in [-0.2, -0.15) is 0 Å². The SMILES string of the molecule is CCC[SiH]=[Hf]([CH3])([CH3])([CH]1C=Cc2c(-c3cccc4ccccc34)cccc21)[CH]1C=Cc2c(-c3cccc4ccccc34)cccc21. The van der Waals surface area contributed by atoms with Gasteiger partial charge in [-0.3, -0.25) is 0 Å². The molecule has 220 valence electrons. The summed E-state index contributed by atoms with van der Waals surface area (Å²) in [6, 6.07) is 46.9. The minimum absolute atomic E-state index is 0.364. The number of allylic oxidation sites excluding steroid dienone is 2. The van der Waals surface area contributed by atoms with Crippen LogP contribution in [0, 0.1) is 0 Å². The second-order valence-corrected chi connectivity index (χ2v) is 58.5. The van der Waals surface area contributed by atoms with Crippen LogP contribution in [0.5, 0.6) is 0 Å². The summed E-state index contributed by atoms with van der Waals surface area (Å²) in [5.74, 6) is 0. The third-order valence-electron chi connectivity index (χ3n) is 11.1. The van der Waals surface area contributed by atoms with Crippen LogP contribution in [0.25, 0.3) is 56.0 Å². The molecule has 45 heavy (non-hydrogen) atoms. The minimum atomic E-state index is -3.73. The molecule has 8 rings (SSSR count). The van der Waals surface area contributed by atoms with E-state index in [-0.39, 0.29) is 0 Å². The number of fused-ring (bicyclic) bond motifs is 4. The molecule has 2 atom stereocenters. The molecule has 0 aromatic heterocycles. The fourth-order valence-electron chi connectivity index (χ4n) is 8.70. The van der Waals surface area contributed by atoms with E-state index in [1.807, 2.05) is 0 Å². The van der Waals surface area contributed by atoms with E-state index >= 15 is 0 Å². The zero-order valence-corrected chi connectivity index (χ0v) is 31.3. The summed E-state index contributed by atoms with van der Waals surface area (Å²) in [5, 5.41) is 5.30. The molecule has 0 aliphatic heterocycles. The molecule has 0 saturated carbocycles. The molecule has 2 aliphatic rings. The predicted octanol–water partition coefficient (Wildman–Crippen LogP) is 12.1. The number of hydrogen-bond acceptors (Lipinski definition) is 0. The van der Waals surface area contributed by atoms with Crippen LogP contribution in [-0.2, 0) is 17.1 Å². The topological polar surface area (TPSA) is 0 Å². The maximum atomic E-state index is 2.84. The third-order valence-corrected chi connectivity index (χ3v) is 53.8. The first-order valence-electron chi connectivity index (χ1n) is 16.6. The van der Waals surface area contributed by atoms with E-state index in [1.165, 1.54) is 67.4 Å². The normalized spacial score (nSPS) is 17.2. The predicted molar refractivity (Wildman–Crippen MR) is 196 cm³/mol. The monoisotopic (exact) mass is 764 g/mol. The first-order valence-corrected chi connectivity index (χ1v) is 35.6. The van der Waals surface area contributed by atoms with Crippen molar-refractivity contribution in [1.82, 2.24) is 0 Å². The standard InChI is InChI=1S/2C19H13.C3H8Si.2CH3.Hf/c2*1-2-10-16-14(6-1)8-4-12-18(16)19-13-5-9-15-7-3-11-17(15)19;1-2-3-4;;;/h2*1-13H;4H,2-3H2,1H3;2*1H3;. The van der Waals surface area contributed by atoms with Gasteiger partial charge in [0.25, 0.3) is 0 Å². The van der Waals surface area contributed by atoms with E-state index in [2.05, 4.69) is 162 Å². The summed E-state index contributed by atoms with van der Waals surface area (Å²) >= 11 is -3.73. The van der Waals surface area contributed by atoms with Crippen LogP contribution >= 0.6 is 0 Å². The van der Waals surface area contributed by atoms with Crippen LogP contribution in [0.4, 0.5) is 0 Å². The van der Waals surface area contributed by atoms with Crippen molar-refractivity contribution in [3.8, 4) is 22.3 Å². The van der Waals surface area contributed by atoms with Gasteiger partial charge in [0.05, 0.1) is 0 Å². The average molecular weight is 763 g/mol. The van der Waals surface area contributed by atoms with Crippen molar-refractivity contribution in [3.05, 3.63) is 156 Å². The zero-order chi connectivity index (χ0) is 30.6. The molecule has 0 bridgehead atoms. The molecule has 6 aromatic carbocycles. The quantitative estimate of drug-likeness (QED) is 0.148. The van der Waals surface area contributed by atoms with E-state index in [1.54, 1.807) is 11.1 Å². The average Bonchev–Trinajstić information content (AvgIpc) is 3.74. The van der Waals surface area contributed by atoms with Gasteiger partial charge in [0.2, 0.25) is 0 Å². The van der Waals surface area contributed by atoms with Gasteiger partial charge >= 0.3 is 271 Å². The van der Waals surface area contributed by atoms with Crippen LogP contribution < -0.4 is 0 Å². The van der Waals surface area contributed by atoms with Crippen LogP contribution in [0.3, 0.4) is 0 Å². The van der Waals surface area contributed by atoms with Gasteiger partial charge < -0.3 is 0 Å². The van der Waals surface area contributed by atoms with Gasteiger partial charge in [-0.25, -0.2) is 0 Å². The summed E-state index contributed by atoms with van der Waals surface area (Å²) in [6.07, 6.45) is 11.9. The Morgan fingerprint density at radius 3 is 1.42 bits per heavy atom. The van der Waals surface area contributed by atoms with Gasteiger partial charge in [0.1, 0.15) is 0 Å². The molecule has 0 fully saturated rings. The van der Waals surface area contributed by atoms with E-state index in [4.69, 9.17) is 0 Å². The van der Waals surface area contributed by atoms with Crippen molar-refractivity contribution in [2.75, 3.05) is 0 Å². The molecule has 2 aliphatic carbocycles. The molecule has 0 spiro atoms. The molecule has 6 aromatic rings. The van der Waals surface area contributed by atoms with Gasteiger partial charge in [-0.1, -0.05) is 0 Å². The molecular weight excluding hydrogens is 723 g/mol. The van der Waals surface area contributed by atoms with E-state index in [0.717, 1.165) is 0 Å². The second-order valence-electron chi connectivity index (χ2n) is 14.1. The third kappa shape index (κ3) is 4.55. The molecule has 0 nitrogen and oxygen atoms in total. The van der Waals surface area contributed by atoms with E-state index < -0.39 is 17.1 Å². The number of benzene rings is 6. The molecular formula is C43H40HfSi. The maximum absolute atomic E-state index is 3.73. The first kappa shape index (κ1) is 28.9. The Morgan fingerprint density at radius 1 is 0.511 bits per heavy atom. The Morgan fingerprint density at radius 2 is 0.933 bits per heavy atom. The fourth-order valence-corrected chi connectivity index (χ4v) is 48.9. The Labute approximate surface area is 269 Å².